The average Bonchev–Trinajstić information content (AvgIpc) is 2.12. The summed E-state index contributed by atoms with van der Waals surface area (Å²) in [6.07, 6.45) is -3.78. The highest BCUT2D eigenvalue weighted by Gasteiger charge is 2.27. The number of amides is 1. The minimum absolute atomic E-state index is 0.216. The third-order valence-corrected chi connectivity index (χ3v) is 1.64. The second kappa shape index (κ2) is 6.62. The molecule has 0 aromatic carbocycles. The van der Waals surface area contributed by atoms with Crippen LogP contribution in [0.4, 0.5) is 13.2 Å². The van der Waals surface area contributed by atoms with Crippen LogP contribution in [0.15, 0.2) is 0 Å². The lowest BCUT2D eigenvalue weighted by atomic mass is 10.2. The minimum Gasteiger partial charge on any atom is -0.362 e. The molecule has 0 saturated carbocycles. The molecule has 0 fully saturated rings. The van der Waals surface area contributed by atoms with Gasteiger partial charge in [0.25, 0.3) is 0 Å². The van der Waals surface area contributed by atoms with Gasteiger partial charge in [0.2, 0.25) is 5.91 Å². The van der Waals surface area contributed by atoms with Crippen LogP contribution >= 0.6 is 0 Å². The summed E-state index contributed by atoms with van der Waals surface area (Å²) < 4.78 is 39.0. The van der Waals surface area contributed by atoms with E-state index < -0.39 is 25.3 Å². The quantitative estimate of drug-likeness (QED) is 0.692. The zero-order valence-corrected chi connectivity index (χ0v) is 8.43. The second-order valence-corrected chi connectivity index (χ2v) is 3.02. The van der Waals surface area contributed by atoms with Crippen molar-refractivity contribution in [2.24, 2.45) is 5.73 Å². The molecule has 1 unspecified atom stereocenters. The molecule has 0 aliphatic carbocycles. The number of hydrogen-bond donors (Lipinski definition) is 2. The lowest BCUT2D eigenvalue weighted by molar-refractivity contribution is -0.175. The van der Waals surface area contributed by atoms with Gasteiger partial charge in [-0.15, -0.1) is 0 Å². The van der Waals surface area contributed by atoms with Crippen molar-refractivity contribution in [2.75, 3.05) is 19.8 Å². The Morgan fingerprint density at radius 2 is 2.13 bits per heavy atom. The van der Waals surface area contributed by atoms with Crippen LogP contribution in [0.5, 0.6) is 0 Å². The van der Waals surface area contributed by atoms with Gasteiger partial charge in [-0.2, -0.15) is 13.2 Å². The van der Waals surface area contributed by atoms with Gasteiger partial charge >= 0.3 is 6.18 Å². The van der Waals surface area contributed by atoms with E-state index >= 15 is 0 Å². The van der Waals surface area contributed by atoms with Crippen LogP contribution in [0.1, 0.15) is 13.3 Å². The third kappa shape index (κ3) is 8.19. The highest BCUT2D eigenvalue weighted by molar-refractivity contribution is 5.77. The van der Waals surface area contributed by atoms with Crippen molar-refractivity contribution in [1.29, 1.82) is 0 Å². The Balaban J connectivity index is 3.66. The van der Waals surface area contributed by atoms with E-state index in [1.54, 1.807) is 0 Å². The van der Waals surface area contributed by atoms with Crippen LogP contribution in [-0.2, 0) is 9.53 Å². The van der Waals surface area contributed by atoms with Gasteiger partial charge in [0.1, 0.15) is 13.2 Å². The molecular formula is C8H15F3N2O2. The number of carbonyl (C=O) groups is 1. The van der Waals surface area contributed by atoms with E-state index in [4.69, 9.17) is 5.73 Å². The van der Waals surface area contributed by atoms with Gasteiger partial charge in [0.05, 0.1) is 0 Å². The van der Waals surface area contributed by atoms with Crippen LogP contribution in [0.2, 0.25) is 0 Å². The molecule has 0 rings (SSSR count). The van der Waals surface area contributed by atoms with E-state index in [0.717, 1.165) is 0 Å². The lowest BCUT2D eigenvalue weighted by Crippen LogP contribution is -2.41. The van der Waals surface area contributed by atoms with Crippen molar-refractivity contribution < 1.29 is 22.7 Å². The summed E-state index contributed by atoms with van der Waals surface area (Å²) in [7, 11) is 0. The molecule has 0 radical (unpaired) electrons. The molecule has 0 aromatic heterocycles. The fourth-order valence-electron chi connectivity index (χ4n) is 0.856. The predicted octanol–water partition coefficient (Wildman–Crippen LogP) is 0.419. The van der Waals surface area contributed by atoms with E-state index in [1.807, 2.05) is 6.92 Å². The summed E-state index contributed by atoms with van der Waals surface area (Å²) in [6, 6.07) is -0.216. The first-order valence-corrected chi connectivity index (χ1v) is 4.53. The maximum Gasteiger partial charge on any atom is 0.411 e. The number of ether oxygens (including phenoxy) is 1. The number of nitrogens with two attached hydrogens (primary N) is 1. The van der Waals surface area contributed by atoms with Gasteiger partial charge < -0.3 is 15.8 Å². The van der Waals surface area contributed by atoms with Gasteiger partial charge in [-0.3, -0.25) is 4.79 Å². The summed E-state index contributed by atoms with van der Waals surface area (Å²) >= 11 is 0. The highest BCUT2D eigenvalue weighted by Crippen LogP contribution is 2.13. The molecular weight excluding hydrogens is 213 g/mol. The van der Waals surface area contributed by atoms with E-state index in [9.17, 15) is 18.0 Å². The maximum absolute atomic E-state index is 11.6. The van der Waals surface area contributed by atoms with Gasteiger partial charge in [0.15, 0.2) is 0 Å². The lowest BCUT2D eigenvalue weighted by Gasteiger charge is -2.14. The molecule has 0 aliphatic heterocycles. The molecule has 0 bridgehead atoms. The molecule has 0 spiro atoms. The van der Waals surface area contributed by atoms with Crippen LogP contribution in [0, 0.1) is 0 Å². The minimum atomic E-state index is -4.40. The molecule has 4 nitrogen and oxygen atoms in total. The first-order valence-electron chi connectivity index (χ1n) is 4.53. The molecule has 0 aliphatic rings. The number of hydrogen-bond acceptors (Lipinski definition) is 3. The normalized spacial score (nSPS) is 13.7. The first-order chi connectivity index (χ1) is 6.89. The summed E-state index contributed by atoms with van der Waals surface area (Å²) in [4.78, 5) is 11.0. The topological polar surface area (TPSA) is 64.3 Å². The zero-order valence-electron chi connectivity index (χ0n) is 8.43. The van der Waals surface area contributed by atoms with E-state index in [1.165, 1.54) is 0 Å². The Kier molecular flexibility index (Phi) is 6.26. The molecule has 3 N–H and O–H groups in total. The smallest absolute Gasteiger partial charge is 0.362 e. The van der Waals surface area contributed by atoms with Crippen LogP contribution in [-0.4, -0.2) is 37.9 Å². The Bertz CT molecular complexity index is 193. The molecule has 7 heteroatoms. The summed E-state index contributed by atoms with van der Waals surface area (Å²) in [6.45, 7) is 0.0474. The average molecular weight is 228 g/mol. The summed E-state index contributed by atoms with van der Waals surface area (Å²) in [5.74, 6) is -0.587. The maximum atomic E-state index is 11.6. The Hall–Kier alpha value is -0.820. The van der Waals surface area contributed by atoms with Crippen LogP contribution in [0.3, 0.4) is 0 Å². The Labute approximate surface area is 86.0 Å². The van der Waals surface area contributed by atoms with Crippen molar-refractivity contribution in [3.8, 4) is 0 Å². The highest BCUT2D eigenvalue weighted by atomic mass is 19.4. The standard InChI is InChI=1S/C8H15F3N2O2/c1-2-6(3-12)13-7(14)4-15-5-8(9,10)11/h6H,2-5,12H2,1H3,(H,13,14). The number of alkyl halides is 3. The van der Waals surface area contributed by atoms with E-state index in [2.05, 4.69) is 10.1 Å². The first kappa shape index (κ1) is 14.2. The SMILES string of the molecule is CCC(CN)NC(=O)COCC(F)(F)F. The number of rotatable bonds is 6. The largest absolute Gasteiger partial charge is 0.411 e. The molecule has 1 amide bonds. The van der Waals surface area contributed by atoms with Crippen LogP contribution < -0.4 is 11.1 Å². The molecule has 0 aromatic rings. The molecule has 0 saturated heterocycles. The second-order valence-electron chi connectivity index (χ2n) is 3.02. The fraction of sp³-hybridized carbons (Fsp3) is 0.875. The van der Waals surface area contributed by atoms with E-state index in [-0.39, 0.29) is 12.6 Å². The van der Waals surface area contributed by atoms with Gasteiger partial charge in [-0.05, 0) is 6.42 Å². The predicted molar refractivity (Wildman–Crippen MR) is 48.2 cm³/mol. The summed E-state index contributed by atoms with van der Waals surface area (Å²) in [5.41, 5.74) is 5.29. The molecule has 0 heterocycles. The van der Waals surface area contributed by atoms with Crippen molar-refractivity contribution in [3.63, 3.8) is 0 Å². The van der Waals surface area contributed by atoms with Crippen molar-refractivity contribution in [2.45, 2.75) is 25.6 Å². The molecule has 90 valence electrons. The van der Waals surface area contributed by atoms with Gasteiger partial charge in [-0.1, -0.05) is 6.92 Å². The van der Waals surface area contributed by atoms with Crippen molar-refractivity contribution in [3.05, 3.63) is 0 Å². The van der Waals surface area contributed by atoms with Crippen molar-refractivity contribution in [1.82, 2.24) is 5.32 Å². The molecule has 15 heavy (non-hydrogen) atoms. The number of carbonyl (C=O) groups excluding carboxylic acids is 1. The van der Waals surface area contributed by atoms with E-state index in [0.29, 0.717) is 6.42 Å². The summed E-state index contributed by atoms with van der Waals surface area (Å²) in [5, 5.41) is 2.45. The van der Waals surface area contributed by atoms with Gasteiger partial charge in [0, 0.05) is 12.6 Å². The monoisotopic (exact) mass is 228 g/mol. The van der Waals surface area contributed by atoms with Crippen LogP contribution in [0.25, 0.3) is 0 Å². The van der Waals surface area contributed by atoms with Crippen molar-refractivity contribution >= 4 is 5.91 Å². The Morgan fingerprint density at radius 1 is 1.53 bits per heavy atom. The zero-order chi connectivity index (χ0) is 11.9. The third-order valence-electron chi connectivity index (χ3n) is 1.64. The Morgan fingerprint density at radius 3 is 2.53 bits per heavy atom. The number of halogens is 3. The number of nitrogens with one attached hydrogen (secondary N) is 1. The fourth-order valence-corrected chi connectivity index (χ4v) is 0.856. The molecule has 1 atom stereocenters. The van der Waals surface area contributed by atoms with Gasteiger partial charge in [-0.25, -0.2) is 0 Å².